The minimum atomic E-state index is -0.378. The Hall–Kier alpha value is -1.66. The van der Waals surface area contributed by atoms with Crippen molar-refractivity contribution in [3.05, 3.63) is 33.8 Å². The highest BCUT2D eigenvalue weighted by Gasteiger charge is 2.15. The van der Waals surface area contributed by atoms with Crippen molar-refractivity contribution in [3.63, 3.8) is 0 Å². The quantitative estimate of drug-likeness (QED) is 0.848. The number of hydrogen-bond acceptors (Lipinski definition) is 5. The Morgan fingerprint density at radius 1 is 1.50 bits per heavy atom. The highest BCUT2D eigenvalue weighted by molar-refractivity contribution is 7.15. The first-order valence-electron chi connectivity index (χ1n) is 5.29. The third-order valence-corrected chi connectivity index (χ3v) is 3.56. The molecule has 1 aromatic heterocycles. The number of rotatable bonds is 3. The van der Waals surface area contributed by atoms with Crippen LogP contribution in [0.25, 0.3) is 0 Å². The van der Waals surface area contributed by atoms with Gasteiger partial charge in [-0.1, -0.05) is 35.9 Å². The van der Waals surface area contributed by atoms with Crippen LogP contribution >= 0.6 is 22.9 Å². The van der Waals surface area contributed by atoms with Crippen molar-refractivity contribution in [1.29, 1.82) is 0 Å². The Morgan fingerprint density at radius 2 is 2.28 bits per heavy atom. The predicted octanol–water partition coefficient (Wildman–Crippen LogP) is 2.59. The number of nitrogens with two attached hydrogens (primary N) is 1. The summed E-state index contributed by atoms with van der Waals surface area (Å²) in [5.74, 6) is -0.378. The fourth-order valence-electron chi connectivity index (χ4n) is 1.39. The third-order valence-electron chi connectivity index (χ3n) is 2.26. The molecule has 0 radical (unpaired) electrons. The molecule has 0 aliphatic heterocycles. The third kappa shape index (κ3) is 2.60. The van der Waals surface area contributed by atoms with E-state index >= 15 is 0 Å². The van der Waals surface area contributed by atoms with E-state index in [0.717, 1.165) is 11.4 Å². The molecule has 0 saturated heterocycles. The van der Waals surface area contributed by atoms with E-state index in [1.54, 1.807) is 18.2 Å². The Bertz CT molecular complexity index is 564. The Labute approximate surface area is 113 Å². The number of carbonyl (C=O) groups is 1. The maximum Gasteiger partial charge on any atom is 0.261 e. The van der Waals surface area contributed by atoms with Crippen molar-refractivity contribution < 1.29 is 4.79 Å². The summed E-state index contributed by atoms with van der Waals surface area (Å²) in [5.41, 5.74) is 6.32. The molecule has 0 unspecified atom stereocenters. The molecule has 0 aliphatic carbocycles. The summed E-state index contributed by atoms with van der Waals surface area (Å²) in [6.07, 6.45) is 0.780. The Balaban J connectivity index is 2.22. The molecule has 18 heavy (non-hydrogen) atoms. The molecule has 0 saturated carbocycles. The predicted molar refractivity (Wildman–Crippen MR) is 73.1 cm³/mol. The summed E-state index contributed by atoms with van der Waals surface area (Å²) >= 11 is 7.28. The Morgan fingerprint density at radius 3 is 2.89 bits per heavy atom. The van der Waals surface area contributed by atoms with E-state index in [1.807, 2.05) is 6.92 Å². The molecule has 5 nitrogen and oxygen atoms in total. The fourth-order valence-corrected chi connectivity index (χ4v) is 2.33. The average molecular weight is 283 g/mol. The highest BCUT2D eigenvalue weighted by Crippen LogP contribution is 2.24. The van der Waals surface area contributed by atoms with Gasteiger partial charge in [0.15, 0.2) is 0 Å². The number of aromatic nitrogens is 2. The average Bonchev–Trinajstić information content (AvgIpc) is 2.76. The van der Waals surface area contributed by atoms with Crippen LogP contribution in [0.4, 0.5) is 10.8 Å². The maximum absolute atomic E-state index is 12.0. The van der Waals surface area contributed by atoms with Gasteiger partial charge < -0.3 is 5.73 Å². The molecule has 0 bridgehead atoms. The molecule has 3 N–H and O–H groups in total. The van der Waals surface area contributed by atoms with Gasteiger partial charge in [0.05, 0.1) is 10.6 Å². The zero-order chi connectivity index (χ0) is 13.1. The first-order valence-corrected chi connectivity index (χ1v) is 6.49. The Kier molecular flexibility index (Phi) is 3.78. The summed E-state index contributed by atoms with van der Waals surface area (Å²) in [6.45, 7) is 1.97. The number of nitrogens with one attached hydrogen (secondary N) is 1. The van der Waals surface area contributed by atoms with Crippen LogP contribution in [0, 0.1) is 0 Å². The number of nitrogens with zero attached hydrogens (tertiary/aromatic N) is 2. The number of nitrogen functional groups attached to an aromatic ring is 1. The lowest BCUT2D eigenvalue weighted by atomic mass is 10.1. The van der Waals surface area contributed by atoms with E-state index in [0.29, 0.717) is 15.8 Å². The second-order valence-electron chi connectivity index (χ2n) is 3.51. The van der Waals surface area contributed by atoms with Crippen LogP contribution in [0.5, 0.6) is 0 Å². The van der Waals surface area contributed by atoms with Crippen LogP contribution in [0.3, 0.4) is 0 Å². The number of halogens is 1. The summed E-state index contributed by atoms with van der Waals surface area (Å²) in [5, 5.41) is 12.0. The normalized spacial score (nSPS) is 10.3. The van der Waals surface area contributed by atoms with Crippen molar-refractivity contribution in [2.24, 2.45) is 0 Å². The lowest BCUT2D eigenvalue weighted by molar-refractivity contribution is 0.102. The molecular weight excluding hydrogens is 272 g/mol. The molecule has 0 atom stereocenters. The molecule has 0 spiro atoms. The topological polar surface area (TPSA) is 80.9 Å². The molecule has 7 heteroatoms. The van der Waals surface area contributed by atoms with Crippen LogP contribution in [-0.4, -0.2) is 16.1 Å². The smallest absolute Gasteiger partial charge is 0.261 e. The summed E-state index contributed by atoms with van der Waals surface area (Å²) in [6, 6.07) is 4.93. The van der Waals surface area contributed by atoms with Crippen molar-refractivity contribution in [3.8, 4) is 0 Å². The number of amides is 1. The molecule has 1 heterocycles. The van der Waals surface area contributed by atoms with Crippen LogP contribution in [0.2, 0.25) is 5.02 Å². The number of hydrogen-bond donors (Lipinski definition) is 2. The molecule has 0 aliphatic rings. The molecule has 1 aromatic carbocycles. The van der Waals surface area contributed by atoms with Crippen LogP contribution < -0.4 is 11.1 Å². The van der Waals surface area contributed by atoms with E-state index < -0.39 is 0 Å². The van der Waals surface area contributed by atoms with Crippen LogP contribution in [0.15, 0.2) is 18.2 Å². The second kappa shape index (κ2) is 5.32. The van der Waals surface area contributed by atoms with E-state index in [9.17, 15) is 4.79 Å². The maximum atomic E-state index is 12.0. The first-order chi connectivity index (χ1) is 8.61. The number of benzene rings is 1. The molecule has 2 aromatic rings. The molecular formula is C11H11ClN4OS. The minimum Gasteiger partial charge on any atom is -0.398 e. The van der Waals surface area contributed by atoms with Crippen molar-refractivity contribution in [1.82, 2.24) is 10.2 Å². The molecule has 2 rings (SSSR count). The zero-order valence-electron chi connectivity index (χ0n) is 9.61. The van der Waals surface area contributed by atoms with Crippen LogP contribution in [-0.2, 0) is 6.42 Å². The van der Waals surface area contributed by atoms with Gasteiger partial charge in [-0.05, 0) is 18.6 Å². The van der Waals surface area contributed by atoms with Crippen molar-refractivity contribution >= 4 is 39.7 Å². The largest absolute Gasteiger partial charge is 0.398 e. The second-order valence-corrected chi connectivity index (χ2v) is 4.98. The van der Waals surface area contributed by atoms with E-state index in [-0.39, 0.29) is 11.5 Å². The lowest BCUT2D eigenvalue weighted by Crippen LogP contribution is -2.14. The fraction of sp³-hybridized carbons (Fsp3) is 0.182. The SMILES string of the molecule is CCc1nnc(NC(=O)c2c(N)cccc2Cl)s1. The van der Waals surface area contributed by atoms with Gasteiger partial charge in [0.2, 0.25) is 5.13 Å². The number of aryl methyl sites for hydroxylation is 1. The van der Waals surface area contributed by atoms with E-state index in [1.165, 1.54) is 11.3 Å². The zero-order valence-corrected chi connectivity index (χ0v) is 11.2. The minimum absolute atomic E-state index is 0.257. The molecule has 1 amide bonds. The van der Waals surface area contributed by atoms with Gasteiger partial charge in [-0.15, -0.1) is 10.2 Å². The van der Waals surface area contributed by atoms with E-state index in [4.69, 9.17) is 17.3 Å². The monoisotopic (exact) mass is 282 g/mol. The van der Waals surface area contributed by atoms with Gasteiger partial charge in [0.25, 0.3) is 5.91 Å². The van der Waals surface area contributed by atoms with Gasteiger partial charge in [0.1, 0.15) is 5.01 Å². The summed E-state index contributed by atoms with van der Waals surface area (Å²) in [7, 11) is 0. The summed E-state index contributed by atoms with van der Waals surface area (Å²) < 4.78 is 0. The number of anilines is 2. The number of carbonyl (C=O) groups excluding carboxylic acids is 1. The lowest BCUT2D eigenvalue weighted by Gasteiger charge is -2.06. The highest BCUT2D eigenvalue weighted by atomic mass is 35.5. The van der Waals surface area contributed by atoms with Gasteiger partial charge in [-0.2, -0.15) is 0 Å². The van der Waals surface area contributed by atoms with Gasteiger partial charge in [-0.3, -0.25) is 10.1 Å². The van der Waals surface area contributed by atoms with Gasteiger partial charge in [-0.25, -0.2) is 0 Å². The van der Waals surface area contributed by atoms with Crippen LogP contribution in [0.1, 0.15) is 22.3 Å². The van der Waals surface area contributed by atoms with Crippen molar-refractivity contribution in [2.45, 2.75) is 13.3 Å². The molecule has 94 valence electrons. The van der Waals surface area contributed by atoms with Gasteiger partial charge in [0, 0.05) is 5.69 Å². The standard InChI is InChI=1S/C11H11ClN4OS/c1-2-8-15-16-11(18-8)14-10(17)9-6(12)4-3-5-7(9)13/h3-5H,2,13H2,1H3,(H,14,16,17). The van der Waals surface area contributed by atoms with Crippen molar-refractivity contribution in [2.75, 3.05) is 11.1 Å². The summed E-state index contributed by atoms with van der Waals surface area (Å²) in [4.78, 5) is 12.0. The van der Waals surface area contributed by atoms with E-state index in [2.05, 4.69) is 15.5 Å². The van der Waals surface area contributed by atoms with Gasteiger partial charge >= 0.3 is 0 Å². The molecule has 0 fully saturated rings. The first kappa shape index (κ1) is 12.8.